The predicted molar refractivity (Wildman–Crippen MR) is 135 cm³/mol. The Bertz CT molecular complexity index is 987. The van der Waals surface area contributed by atoms with Gasteiger partial charge in [-0.25, -0.2) is 0 Å². The number of rotatable bonds is 5. The van der Waals surface area contributed by atoms with E-state index >= 15 is 0 Å². The van der Waals surface area contributed by atoms with Crippen LogP contribution in [0.5, 0.6) is 0 Å². The highest BCUT2D eigenvalue weighted by Crippen LogP contribution is 2.40. The Morgan fingerprint density at radius 2 is 1.54 bits per heavy atom. The van der Waals surface area contributed by atoms with Crippen molar-refractivity contribution in [3.63, 3.8) is 0 Å². The third kappa shape index (κ3) is 5.76. The number of carboxylic acid groups (broad SMARTS) is 1. The highest BCUT2D eigenvalue weighted by Gasteiger charge is 2.39. The maximum atomic E-state index is 13.6. The molecule has 4 aliphatic rings. The number of benzene rings is 1. The van der Waals surface area contributed by atoms with E-state index in [1.54, 1.807) is 6.07 Å². The first-order valence-corrected chi connectivity index (χ1v) is 13.9. The maximum Gasteiger partial charge on any atom is 0.416 e. The van der Waals surface area contributed by atoms with Crippen LogP contribution in [0.1, 0.15) is 74.8 Å². The van der Waals surface area contributed by atoms with Gasteiger partial charge < -0.3 is 14.9 Å². The number of likely N-dealkylation sites (tertiary alicyclic amines) is 2. The van der Waals surface area contributed by atoms with Gasteiger partial charge in [0.2, 0.25) is 5.91 Å². The third-order valence-electron chi connectivity index (χ3n) is 9.14. The standard InChI is InChI=1S/C28H38F3N3O3/c29-28(30,31)22-6-7-24(25(16-22)32-12-8-19(9-13-32)27(36)37)20-10-15-34(17-20)26(35)21-11-14-33(18-21)23-4-2-1-3-5-23/h6-7,16,19-21,23H,1-5,8-15,17-18H2,(H,36,37)/t20?,21-/m0/s1. The lowest BCUT2D eigenvalue weighted by atomic mass is 9.91. The Labute approximate surface area is 216 Å². The van der Waals surface area contributed by atoms with Crippen LogP contribution in [-0.4, -0.2) is 72.1 Å². The normalized spacial score (nSPS) is 26.7. The minimum atomic E-state index is -4.45. The molecular formula is C28H38F3N3O3. The van der Waals surface area contributed by atoms with Crippen molar-refractivity contribution in [2.45, 2.75) is 75.9 Å². The summed E-state index contributed by atoms with van der Waals surface area (Å²) in [7, 11) is 0. The molecule has 9 heteroatoms. The van der Waals surface area contributed by atoms with Crippen LogP contribution in [0, 0.1) is 11.8 Å². The monoisotopic (exact) mass is 521 g/mol. The highest BCUT2D eigenvalue weighted by atomic mass is 19.4. The van der Waals surface area contributed by atoms with Gasteiger partial charge in [0.15, 0.2) is 0 Å². The lowest BCUT2D eigenvalue weighted by Gasteiger charge is -2.34. The van der Waals surface area contributed by atoms with Crippen molar-refractivity contribution < 1.29 is 27.9 Å². The van der Waals surface area contributed by atoms with Crippen LogP contribution in [0.25, 0.3) is 0 Å². The molecule has 1 amide bonds. The summed E-state index contributed by atoms with van der Waals surface area (Å²) in [6, 6.07) is 4.56. The Kier molecular flexibility index (Phi) is 7.70. The number of aliphatic carboxylic acids is 1. The summed E-state index contributed by atoms with van der Waals surface area (Å²) in [4.78, 5) is 31.1. The number of halogens is 3. The van der Waals surface area contributed by atoms with Crippen LogP contribution in [0.3, 0.4) is 0 Å². The van der Waals surface area contributed by atoms with Gasteiger partial charge in [-0.15, -0.1) is 0 Å². The summed E-state index contributed by atoms with van der Waals surface area (Å²) in [5.74, 6) is -1.11. The molecule has 1 N–H and O–H groups in total. The number of piperidine rings is 1. The molecule has 3 saturated heterocycles. The molecule has 1 saturated carbocycles. The van der Waals surface area contributed by atoms with Crippen LogP contribution in [0.15, 0.2) is 18.2 Å². The largest absolute Gasteiger partial charge is 0.481 e. The number of carbonyl (C=O) groups is 2. The van der Waals surface area contributed by atoms with E-state index < -0.39 is 23.6 Å². The van der Waals surface area contributed by atoms with Crippen LogP contribution in [-0.2, 0) is 15.8 Å². The van der Waals surface area contributed by atoms with Crippen molar-refractivity contribution in [2.75, 3.05) is 44.2 Å². The molecule has 0 bridgehead atoms. The van der Waals surface area contributed by atoms with Gasteiger partial charge in [-0.2, -0.15) is 13.2 Å². The SMILES string of the molecule is O=C(O)C1CCN(c2cc(C(F)(F)F)ccc2C2CCN(C(=O)[C@H]3CCN(C4CCCCC4)C3)C2)CC1. The summed E-state index contributed by atoms with van der Waals surface area (Å²) in [6.07, 6.45) is 4.32. The van der Waals surface area contributed by atoms with Crippen molar-refractivity contribution in [3.8, 4) is 0 Å². The summed E-state index contributed by atoms with van der Waals surface area (Å²) >= 11 is 0. The second-order valence-electron chi connectivity index (χ2n) is 11.4. The maximum absolute atomic E-state index is 13.6. The lowest BCUT2D eigenvalue weighted by molar-refractivity contribution is -0.142. The summed E-state index contributed by atoms with van der Waals surface area (Å²) < 4.78 is 40.7. The highest BCUT2D eigenvalue weighted by molar-refractivity contribution is 5.80. The molecule has 1 unspecified atom stereocenters. The van der Waals surface area contributed by atoms with Gasteiger partial charge >= 0.3 is 12.1 Å². The number of hydrogen-bond donors (Lipinski definition) is 1. The Balaban J connectivity index is 1.27. The lowest BCUT2D eigenvalue weighted by Crippen LogP contribution is -2.39. The number of carbonyl (C=O) groups excluding carboxylic acids is 1. The molecule has 3 aliphatic heterocycles. The van der Waals surface area contributed by atoms with Gasteiger partial charge in [-0.1, -0.05) is 25.3 Å². The fourth-order valence-corrected chi connectivity index (χ4v) is 6.95. The van der Waals surface area contributed by atoms with Crippen molar-refractivity contribution in [2.24, 2.45) is 11.8 Å². The topological polar surface area (TPSA) is 64.1 Å². The average molecular weight is 522 g/mol. The third-order valence-corrected chi connectivity index (χ3v) is 9.14. The first kappa shape index (κ1) is 26.3. The molecular weight excluding hydrogens is 483 g/mol. The molecule has 0 radical (unpaired) electrons. The van der Waals surface area contributed by atoms with E-state index in [0.717, 1.165) is 37.6 Å². The second kappa shape index (κ2) is 10.8. The Morgan fingerprint density at radius 3 is 2.22 bits per heavy atom. The van der Waals surface area contributed by atoms with Crippen molar-refractivity contribution in [1.29, 1.82) is 0 Å². The minimum absolute atomic E-state index is 0.0165. The van der Waals surface area contributed by atoms with E-state index in [9.17, 15) is 27.9 Å². The van der Waals surface area contributed by atoms with Crippen LogP contribution in [0.2, 0.25) is 0 Å². The fourth-order valence-electron chi connectivity index (χ4n) is 6.95. The molecule has 1 aromatic rings. The van der Waals surface area contributed by atoms with Crippen LogP contribution in [0.4, 0.5) is 18.9 Å². The van der Waals surface area contributed by atoms with E-state index in [0.29, 0.717) is 50.7 Å². The number of nitrogens with zero attached hydrogens (tertiary/aromatic N) is 3. The zero-order valence-corrected chi connectivity index (χ0v) is 21.4. The van der Waals surface area contributed by atoms with E-state index in [-0.39, 0.29) is 17.7 Å². The van der Waals surface area contributed by atoms with Crippen LogP contribution >= 0.6 is 0 Å². The molecule has 204 valence electrons. The molecule has 1 aromatic carbocycles. The predicted octanol–water partition coefficient (Wildman–Crippen LogP) is 4.98. The first-order chi connectivity index (χ1) is 17.7. The smallest absolute Gasteiger partial charge is 0.416 e. The molecule has 5 rings (SSSR count). The number of alkyl halides is 3. The minimum Gasteiger partial charge on any atom is -0.481 e. The van der Waals surface area contributed by atoms with E-state index in [4.69, 9.17) is 0 Å². The zero-order valence-electron chi connectivity index (χ0n) is 21.4. The summed E-state index contributed by atoms with van der Waals surface area (Å²) in [5.41, 5.74) is 0.695. The number of carboxylic acids is 1. The molecule has 3 heterocycles. The van der Waals surface area contributed by atoms with Gasteiger partial charge in [0.1, 0.15) is 0 Å². The van der Waals surface area contributed by atoms with Crippen molar-refractivity contribution in [3.05, 3.63) is 29.3 Å². The summed E-state index contributed by atoms with van der Waals surface area (Å²) in [5, 5.41) is 9.33. The molecule has 4 fully saturated rings. The number of anilines is 1. The molecule has 2 atom stereocenters. The summed E-state index contributed by atoms with van der Waals surface area (Å²) in [6.45, 7) is 3.80. The molecule has 37 heavy (non-hydrogen) atoms. The zero-order chi connectivity index (χ0) is 26.2. The molecule has 1 aliphatic carbocycles. The van der Waals surface area contributed by atoms with E-state index in [1.165, 1.54) is 38.2 Å². The molecule has 0 aromatic heterocycles. The average Bonchev–Trinajstić information content (AvgIpc) is 3.59. The van der Waals surface area contributed by atoms with E-state index in [1.807, 2.05) is 9.80 Å². The Morgan fingerprint density at radius 1 is 0.838 bits per heavy atom. The van der Waals surface area contributed by atoms with Gasteiger partial charge in [-0.3, -0.25) is 14.5 Å². The molecule has 6 nitrogen and oxygen atoms in total. The molecule has 0 spiro atoms. The van der Waals surface area contributed by atoms with Crippen LogP contribution < -0.4 is 4.90 Å². The Hall–Kier alpha value is -2.29. The van der Waals surface area contributed by atoms with Gasteiger partial charge in [0.25, 0.3) is 0 Å². The van der Waals surface area contributed by atoms with Crippen molar-refractivity contribution in [1.82, 2.24) is 9.80 Å². The second-order valence-corrected chi connectivity index (χ2v) is 11.4. The van der Waals surface area contributed by atoms with Gasteiger partial charge in [0.05, 0.1) is 17.4 Å². The fraction of sp³-hybridized carbons (Fsp3) is 0.714. The number of hydrogen-bond acceptors (Lipinski definition) is 4. The first-order valence-electron chi connectivity index (χ1n) is 13.9. The van der Waals surface area contributed by atoms with Gasteiger partial charge in [0, 0.05) is 50.4 Å². The van der Waals surface area contributed by atoms with Gasteiger partial charge in [-0.05, 0) is 62.8 Å². The van der Waals surface area contributed by atoms with Crippen molar-refractivity contribution >= 4 is 17.6 Å². The number of amides is 1. The quantitative estimate of drug-likeness (QED) is 0.593. The van der Waals surface area contributed by atoms with E-state index in [2.05, 4.69) is 4.90 Å².